The molecule has 170 valence electrons. The summed E-state index contributed by atoms with van der Waals surface area (Å²) in [4.78, 5) is 20.2. The van der Waals surface area contributed by atoms with E-state index in [1.807, 2.05) is 0 Å². The average molecular weight is 557 g/mol. The number of nitrogens with zero attached hydrogens (tertiary/aromatic N) is 1. The number of carbonyl (C=O) groups is 1. The first-order chi connectivity index (χ1) is 14.8. The van der Waals surface area contributed by atoms with Crippen LogP contribution in [0.5, 0.6) is 0 Å². The Morgan fingerprint density at radius 1 is 1.45 bits per heavy atom. The number of aryl methyl sites for hydroxylation is 1. The van der Waals surface area contributed by atoms with Crippen molar-refractivity contribution in [3.63, 3.8) is 0 Å². The van der Waals surface area contributed by atoms with Crippen molar-refractivity contribution < 1.29 is 14.6 Å². The summed E-state index contributed by atoms with van der Waals surface area (Å²) in [6.45, 7) is 6.44. The van der Waals surface area contributed by atoms with Gasteiger partial charge in [0.2, 0.25) is 0 Å². The minimum atomic E-state index is -0.780. The Bertz CT molecular complexity index is 958. The molecule has 1 aliphatic rings. The third-order valence-electron chi connectivity index (χ3n) is 5.99. The molecule has 0 amide bonds. The lowest BCUT2D eigenvalue weighted by atomic mass is 9.86. The van der Waals surface area contributed by atoms with E-state index in [0.717, 1.165) is 53.8 Å². The number of alkyl halides is 1. The van der Waals surface area contributed by atoms with E-state index in [2.05, 4.69) is 77.6 Å². The summed E-state index contributed by atoms with van der Waals surface area (Å²) >= 11 is 4.05. The number of esters is 1. The molecule has 2 aromatic rings. The molecule has 7 heteroatoms. The van der Waals surface area contributed by atoms with Gasteiger partial charge in [-0.25, -0.2) is 0 Å². The number of H-pyrrole nitrogens is 1. The summed E-state index contributed by atoms with van der Waals surface area (Å²) in [7, 11) is 3.62. The van der Waals surface area contributed by atoms with Crippen molar-refractivity contribution in [2.75, 3.05) is 39.6 Å². The Balaban J connectivity index is 1.98. The molecule has 1 aliphatic heterocycles. The first kappa shape index (κ1) is 24.6. The van der Waals surface area contributed by atoms with Crippen molar-refractivity contribution in [3.05, 3.63) is 41.1 Å². The van der Waals surface area contributed by atoms with E-state index in [9.17, 15) is 4.79 Å². The summed E-state index contributed by atoms with van der Waals surface area (Å²) in [6, 6.07) is 6.37. The molecular weight excluding hydrogens is 523 g/mol. The molecule has 0 saturated heterocycles. The molecule has 0 unspecified atom stereocenters. The fraction of sp³-hybridized carbons (Fsp3) is 0.542. The third kappa shape index (κ3) is 5.49. The second-order valence-electron chi connectivity index (χ2n) is 8.39. The number of ether oxygens (including phenoxy) is 1. The maximum atomic E-state index is 13.1. The number of carbonyl (C=O) groups excluding carboxylic acids is 1. The fourth-order valence-electron chi connectivity index (χ4n) is 4.46. The van der Waals surface area contributed by atoms with E-state index in [1.54, 1.807) is 11.8 Å². The normalized spacial score (nSPS) is 19.3. The van der Waals surface area contributed by atoms with Gasteiger partial charge in [0.05, 0.1) is 7.11 Å². The van der Waals surface area contributed by atoms with Gasteiger partial charge >= 0.3 is 5.97 Å². The van der Waals surface area contributed by atoms with Crippen molar-refractivity contribution in [1.29, 1.82) is 0 Å². The Morgan fingerprint density at radius 3 is 2.90 bits per heavy atom. The number of aromatic nitrogens is 1. The minimum absolute atomic E-state index is 0.208. The Hall–Kier alpha value is -1.03. The van der Waals surface area contributed by atoms with Gasteiger partial charge in [-0.2, -0.15) is 0 Å². The van der Waals surface area contributed by atoms with Crippen molar-refractivity contribution in [3.8, 4) is 0 Å². The van der Waals surface area contributed by atoms with Crippen LogP contribution in [0.2, 0.25) is 0 Å². The number of aliphatic hydroxyl groups is 1. The maximum Gasteiger partial charge on any atom is 0.327 e. The highest BCUT2D eigenvalue weighted by Crippen LogP contribution is 2.44. The highest BCUT2D eigenvalue weighted by molar-refractivity contribution is 14.1. The summed E-state index contributed by atoms with van der Waals surface area (Å²) in [5.41, 5.74) is 4.50. The van der Waals surface area contributed by atoms with Gasteiger partial charge in [-0.15, -0.1) is 11.8 Å². The van der Waals surface area contributed by atoms with E-state index in [-0.39, 0.29) is 12.6 Å². The fourth-order valence-corrected chi connectivity index (χ4v) is 6.66. The van der Waals surface area contributed by atoms with Gasteiger partial charge < -0.3 is 19.7 Å². The van der Waals surface area contributed by atoms with Crippen molar-refractivity contribution >= 4 is 51.2 Å². The van der Waals surface area contributed by atoms with Gasteiger partial charge in [-0.05, 0) is 62.9 Å². The summed E-state index contributed by atoms with van der Waals surface area (Å²) in [5.74, 6) is 0.970. The zero-order valence-electron chi connectivity index (χ0n) is 18.8. The number of hydrogen-bond acceptors (Lipinski definition) is 5. The second kappa shape index (κ2) is 10.7. The lowest BCUT2D eigenvalue weighted by Gasteiger charge is -2.34. The van der Waals surface area contributed by atoms with Gasteiger partial charge in [0.15, 0.2) is 3.42 Å². The first-order valence-electron chi connectivity index (χ1n) is 10.8. The van der Waals surface area contributed by atoms with Crippen LogP contribution < -0.4 is 0 Å². The number of fused-ring (bicyclic) bond motifs is 1. The number of halogens is 1. The zero-order chi connectivity index (χ0) is 22.6. The first-order valence-corrected chi connectivity index (χ1v) is 12.9. The highest BCUT2D eigenvalue weighted by Gasteiger charge is 2.43. The SMILES string of the molecule is CCC1=C[C@H](C[C@@](I)(C(=O)OC)c2[nH]c3ccc(SCCCO)cc3c2C)CN(C)C1. The van der Waals surface area contributed by atoms with E-state index in [1.165, 1.54) is 17.6 Å². The summed E-state index contributed by atoms with van der Waals surface area (Å²) in [5, 5.41) is 10.2. The van der Waals surface area contributed by atoms with Crippen LogP contribution in [0.1, 0.15) is 37.4 Å². The minimum Gasteiger partial charge on any atom is -0.468 e. The number of aromatic amines is 1. The molecule has 0 spiro atoms. The topological polar surface area (TPSA) is 65.6 Å². The Kier molecular flexibility index (Phi) is 8.51. The molecule has 5 nitrogen and oxygen atoms in total. The second-order valence-corrected chi connectivity index (χ2v) is 11.4. The van der Waals surface area contributed by atoms with E-state index in [4.69, 9.17) is 9.84 Å². The van der Waals surface area contributed by atoms with Gasteiger partial charge in [0.25, 0.3) is 0 Å². The maximum absolute atomic E-state index is 13.1. The van der Waals surface area contributed by atoms with Gasteiger partial charge in [0, 0.05) is 46.9 Å². The Labute approximate surface area is 203 Å². The summed E-state index contributed by atoms with van der Waals surface area (Å²) in [6.07, 6.45) is 4.88. The summed E-state index contributed by atoms with van der Waals surface area (Å²) < 4.78 is 4.52. The predicted molar refractivity (Wildman–Crippen MR) is 137 cm³/mol. The molecule has 0 radical (unpaired) electrons. The molecule has 3 rings (SSSR count). The van der Waals surface area contributed by atoms with Gasteiger partial charge in [-0.3, -0.25) is 4.79 Å². The molecule has 0 bridgehead atoms. The quantitative estimate of drug-likeness (QED) is 0.113. The molecular formula is C24H33IN2O3S. The van der Waals surface area contributed by atoms with Crippen LogP contribution >= 0.6 is 34.4 Å². The molecule has 2 N–H and O–H groups in total. The number of thioether (sulfide) groups is 1. The van der Waals surface area contributed by atoms with Crippen LogP contribution in [0.15, 0.2) is 34.7 Å². The van der Waals surface area contributed by atoms with Crippen LogP contribution in [0.4, 0.5) is 0 Å². The zero-order valence-corrected chi connectivity index (χ0v) is 21.8. The monoisotopic (exact) mass is 556 g/mol. The molecule has 1 aromatic carbocycles. The molecule has 2 atom stereocenters. The number of nitrogens with one attached hydrogen (secondary N) is 1. The number of benzene rings is 1. The van der Waals surface area contributed by atoms with E-state index in [0.29, 0.717) is 12.3 Å². The number of rotatable bonds is 9. The van der Waals surface area contributed by atoms with Crippen LogP contribution in [0, 0.1) is 12.8 Å². The molecule has 31 heavy (non-hydrogen) atoms. The number of likely N-dealkylation sites (N-methyl/N-ethyl adjacent to an activating group) is 1. The molecule has 0 fully saturated rings. The third-order valence-corrected chi connectivity index (χ3v) is 8.49. The van der Waals surface area contributed by atoms with E-state index < -0.39 is 3.42 Å². The van der Waals surface area contributed by atoms with Crippen molar-refractivity contribution in [1.82, 2.24) is 9.88 Å². The molecule has 2 heterocycles. The number of hydrogen-bond donors (Lipinski definition) is 2. The van der Waals surface area contributed by atoms with Crippen molar-refractivity contribution in [2.45, 2.75) is 41.4 Å². The lowest BCUT2D eigenvalue weighted by Crippen LogP contribution is -2.38. The van der Waals surface area contributed by atoms with Gasteiger partial charge in [0.1, 0.15) is 0 Å². The standard InChI is InChI=1S/C24H33IN2O3S/c1-5-17-11-18(15-27(3)14-17)13-24(25,23(29)30-4)22-16(2)20-12-19(31-10-6-9-28)7-8-21(20)26-22/h7-8,11-12,18,26,28H,5-6,9-10,13-15H2,1-4H3/t18-,24+/m1/s1. The lowest BCUT2D eigenvalue weighted by molar-refractivity contribution is -0.143. The molecule has 0 saturated carbocycles. The highest BCUT2D eigenvalue weighted by atomic mass is 127. The van der Waals surface area contributed by atoms with Crippen LogP contribution in [0.25, 0.3) is 10.9 Å². The number of methoxy groups -OCH3 is 1. The molecule has 1 aromatic heterocycles. The van der Waals surface area contributed by atoms with Crippen molar-refractivity contribution in [2.24, 2.45) is 5.92 Å². The van der Waals surface area contributed by atoms with Gasteiger partial charge in [-0.1, -0.05) is 41.2 Å². The van der Waals surface area contributed by atoms with Crippen LogP contribution in [-0.4, -0.2) is 60.6 Å². The predicted octanol–water partition coefficient (Wildman–Crippen LogP) is 5.04. The molecule has 0 aliphatic carbocycles. The largest absolute Gasteiger partial charge is 0.468 e. The van der Waals surface area contributed by atoms with Crippen LogP contribution in [0.3, 0.4) is 0 Å². The smallest absolute Gasteiger partial charge is 0.327 e. The Morgan fingerprint density at radius 2 is 2.23 bits per heavy atom. The van der Waals surface area contributed by atoms with E-state index >= 15 is 0 Å². The van der Waals surface area contributed by atoms with Crippen LogP contribution in [-0.2, 0) is 13.0 Å². The average Bonchev–Trinajstić information content (AvgIpc) is 3.09. The number of aliphatic hydroxyl groups excluding tert-OH is 1.